The van der Waals surface area contributed by atoms with Crippen LogP contribution in [0.5, 0.6) is 0 Å². The van der Waals surface area contributed by atoms with Crippen LogP contribution in [0.2, 0.25) is 0 Å². The number of hydrogen-bond acceptors (Lipinski definition) is 3. The number of aryl methyl sites for hydroxylation is 2. The first-order valence-electron chi connectivity index (χ1n) is 10.2. The van der Waals surface area contributed by atoms with Crippen LogP contribution < -0.4 is 5.32 Å². The third-order valence-corrected chi connectivity index (χ3v) is 5.80. The average molecular weight is 377 g/mol. The topological polar surface area (TPSA) is 61.0 Å². The molecule has 0 bridgehead atoms. The highest BCUT2D eigenvalue weighted by Gasteiger charge is 2.29. The lowest BCUT2D eigenvalue weighted by molar-refractivity contribution is -0.126. The molecule has 3 aromatic rings. The third-order valence-electron chi connectivity index (χ3n) is 5.80. The number of aromatic amines is 1. The fourth-order valence-corrected chi connectivity index (χ4v) is 4.24. The van der Waals surface area contributed by atoms with Crippen molar-refractivity contribution in [2.75, 3.05) is 13.1 Å². The summed E-state index contributed by atoms with van der Waals surface area (Å²) >= 11 is 0. The van der Waals surface area contributed by atoms with Crippen LogP contribution in [0, 0.1) is 6.92 Å². The SMILES string of the molecule is CCc1[nH]c2ccc(CNC(=O)[C@H](c3cccnc3)N3CCCC3)cc2c1C. The van der Waals surface area contributed by atoms with Crippen LogP contribution in [-0.2, 0) is 17.8 Å². The minimum absolute atomic E-state index is 0.0510. The molecule has 0 aliphatic carbocycles. The van der Waals surface area contributed by atoms with Gasteiger partial charge in [0.25, 0.3) is 0 Å². The highest BCUT2D eigenvalue weighted by molar-refractivity contribution is 5.86. The van der Waals surface area contributed by atoms with E-state index >= 15 is 0 Å². The van der Waals surface area contributed by atoms with Crippen LogP contribution in [-0.4, -0.2) is 33.9 Å². The molecule has 28 heavy (non-hydrogen) atoms. The van der Waals surface area contributed by atoms with Crippen molar-refractivity contribution in [2.24, 2.45) is 0 Å². The summed E-state index contributed by atoms with van der Waals surface area (Å²) in [6.07, 6.45) is 6.85. The van der Waals surface area contributed by atoms with E-state index in [1.807, 2.05) is 18.3 Å². The molecule has 5 nitrogen and oxygen atoms in total. The van der Waals surface area contributed by atoms with Gasteiger partial charge in [-0.1, -0.05) is 19.1 Å². The zero-order valence-electron chi connectivity index (χ0n) is 16.7. The van der Waals surface area contributed by atoms with E-state index in [4.69, 9.17) is 0 Å². The Morgan fingerprint density at radius 2 is 2.11 bits per heavy atom. The lowest BCUT2D eigenvalue weighted by Gasteiger charge is -2.26. The van der Waals surface area contributed by atoms with Gasteiger partial charge in [0.1, 0.15) is 6.04 Å². The predicted molar refractivity (Wildman–Crippen MR) is 112 cm³/mol. The summed E-state index contributed by atoms with van der Waals surface area (Å²) in [6.45, 7) is 6.77. The number of benzene rings is 1. The molecule has 1 amide bonds. The second-order valence-corrected chi connectivity index (χ2v) is 7.61. The molecule has 0 saturated carbocycles. The largest absolute Gasteiger partial charge is 0.358 e. The van der Waals surface area contributed by atoms with E-state index in [-0.39, 0.29) is 11.9 Å². The highest BCUT2D eigenvalue weighted by Crippen LogP contribution is 2.26. The van der Waals surface area contributed by atoms with Gasteiger partial charge in [0.2, 0.25) is 5.91 Å². The van der Waals surface area contributed by atoms with Crippen LogP contribution in [0.3, 0.4) is 0 Å². The monoisotopic (exact) mass is 376 g/mol. The van der Waals surface area contributed by atoms with E-state index < -0.39 is 0 Å². The van der Waals surface area contributed by atoms with Gasteiger partial charge in [-0.3, -0.25) is 14.7 Å². The van der Waals surface area contributed by atoms with Gasteiger partial charge in [0.15, 0.2) is 0 Å². The second kappa shape index (κ2) is 8.15. The molecule has 1 aliphatic rings. The summed E-state index contributed by atoms with van der Waals surface area (Å²) in [5.74, 6) is 0.0510. The van der Waals surface area contributed by atoms with Crippen molar-refractivity contribution in [3.63, 3.8) is 0 Å². The molecule has 2 aromatic heterocycles. The molecule has 0 spiro atoms. The van der Waals surface area contributed by atoms with Gasteiger partial charge in [-0.25, -0.2) is 0 Å². The summed E-state index contributed by atoms with van der Waals surface area (Å²) in [7, 11) is 0. The maximum absolute atomic E-state index is 13.1. The van der Waals surface area contributed by atoms with Crippen molar-refractivity contribution in [1.29, 1.82) is 0 Å². The molecule has 146 valence electrons. The zero-order chi connectivity index (χ0) is 19.5. The lowest BCUT2D eigenvalue weighted by Crippen LogP contribution is -2.39. The molecule has 1 aromatic carbocycles. The molecular weight excluding hydrogens is 348 g/mol. The molecule has 1 atom stereocenters. The number of nitrogens with zero attached hydrogens (tertiary/aromatic N) is 2. The zero-order valence-corrected chi connectivity index (χ0v) is 16.7. The Hall–Kier alpha value is -2.66. The minimum Gasteiger partial charge on any atom is -0.358 e. The van der Waals surface area contributed by atoms with Crippen molar-refractivity contribution in [3.8, 4) is 0 Å². The summed E-state index contributed by atoms with van der Waals surface area (Å²) in [5.41, 5.74) is 5.83. The van der Waals surface area contributed by atoms with Gasteiger partial charge >= 0.3 is 0 Å². The van der Waals surface area contributed by atoms with E-state index in [0.717, 1.165) is 49.0 Å². The molecular formula is C23H28N4O. The summed E-state index contributed by atoms with van der Waals surface area (Å²) < 4.78 is 0. The molecule has 3 heterocycles. The van der Waals surface area contributed by atoms with Crippen LogP contribution in [0.15, 0.2) is 42.7 Å². The molecule has 2 N–H and O–H groups in total. The van der Waals surface area contributed by atoms with E-state index in [0.29, 0.717) is 6.54 Å². The van der Waals surface area contributed by atoms with E-state index in [1.54, 1.807) is 6.20 Å². The van der Waals surface area contributed by atoms with E-state index in [9.17, 15) is 4.79 Å². The number of aromatic nitrogens is 2. The van der Waals surface area contributed by atoms with Crippen LogP contribution >= 0.6 is 0 Å². The minimum atomic E-state index is -0.263. The molecule has 0 unspecified atom stereocenters. The van der Waals surface area contributed by atoms with Crippen LogP contribution in [0.4, 0.5) is 0 Å². The quantitative estimate of drug-likeness (QED) is 0.686. The first-order valence-corrected chi connectivity index (χ1v) is 10.2. The number of rotatable bonds is 6. The normalized spacial score (nSPS) is 15.8. The number of amides is 1. The number of pyridine rings is 1. The van der Waals surface area contributed by atoms with E-state index in [2.05, 4.69) is 52.2 Å². The molecule has 1 fully saturated rings. The van der Waals surface area contributed by atoms with E-state index in [1.165, 1.54) is 16.6 Å². The highest BCUT2D eigenvalue weighted by atomic mass is 16.2. The standard InChI is InChI=1S/C23H28N4O/c1-3-20-16(2)19-13-17(8-9-21(19)26-20)14-25-23(28)22(27-11-4-5-12-27)18-7-6-10-24-15-18/h6-10,13,15,22,26H,3-5,11-12,14H2,1-2H3,(H,25,28)/t22-/m0/s1. The number of likely N-dealkylation sites (tertiary alicyclic amines) is 1. The fraction of sp³-hybridized carbons (Fsp3) is 0.391. The van der Waals surface area contributed by atoms with Gasteiger partial charge in [0, 0.05) is 35.5 Å². The fourth-order valence-electron chi connectivity index (χ4n) is 4.24. The number of carbonyl (C=O) groups excluding carboxylic acids is 1. The van der Waals surface area contributed by atoms with Crippen molar-refractivity contribution >= 4 is 16.8 Å². The van der Waals surface area contributed by atoms with Crippen LogP contribution in [0.1, 0.15) is 48.2 Å². The third kappa shape index (κ3) is 3.67. The smallest absolute Gasteiger partial charge is 0.242 e. The van der Waals surface area contributed by atoms with Gasteiger partial charge in [0.05, 0.1) is 0 Å². The summed E-state index contributed by atoms with van der Waals surface area (Å²) in [4.78, 5) is 23.1. The Kier molecular flexibility index (Phi) is 5.44. The Morgan fingerprint density at radius 1 is 1.29 bits per heavy atom. The van der Waals surface area contributed by atoms with Gasteiger partial charge < -0.3 is 10.3 Å². The summed E-state index contributed by atoms with van der Waals surface area (Å²) in [5, 5.41) is 4.40. The Bertz CT molecular complexity index is 957. The molecule has 1 aliphatic heterocycles. The van der Waals surface area contributed by atoms with Crippen molar-refractivity contribution < 1.29 is 4.79 Å². The Morgan fingerprint density at radius 3 is 2.82 bits per heavy atom. The van der Waals surface area contributed by atoms with Crippen LogP contribution in [0.25, 0.3) is 10.9 Å². The lowest BCUT2D eigenvalue weighted by atomic mass is 10.1. The van der Waals surface area contributed by atoms with Crippen molar-refractivity contribution in [2.45, 2.75) is 45.7 Å². The molecule has 5 heteroatoms. The molecule has 1 saturated heterocycles. The number of hydrogen-bond donors (Lipinski definition) is 2. The molecule has 4 rings (SSSR count). The number of carbonyl (C=O) groups is 1. The maximum atomic E-state index is 13.1. The van der Waals surface area contributed by atoms with Crippen molar-refractivity contribution in [1.82, 2.24) is 20.2 Å². The first-order chi connectivity index (χ1) is 13.7. The van der Waals surface area contributed by atoms with Crippen molar-refractivity contribution in [3.05, 3.63) is 65.1 Å². The van der Waals surface area contributed by atoms with Gasteiger partial charge in [-0.2, -0.15) is 0 Å². The van der Waals surface area contributed by atoms with Gasteiger partial charge in [-0.15, -0.1) is 0 Å². The average Bonchev–Trinajstić information content (AvgIpc) is 3.36. The first kappa shape index (κ1) is 18.7. The Balaban J connectivity index is 1.51. The number of nitrogens with one attached hydrogen (secondary N) is 2. The second-order valence-electron chi connectivity index (χ2n) is 7.61. The summed E-state index contributed by atoms with van der Waals surface area (Å²) in [6, 6.07) is 10.0. The number of H-pyrrole nitrogens is 1. The number of fused-ring (bicyclic) bond motifs is 1. The maximum Gasteiger partial charge on any atom is 0.242 e. The predicted octanol–water partition coefficient (Wildman–Crippen LogP) is 3.89. The van der Waals surface area contributed by atoms with Gasteiger partial charge in [-0.05, 0) is 74.2 Å². The molecule has 0 radical (unpaired) electrons. The Labute approximate surface area is 166 Å².